The molecule has 8 nitrogen and oxygen atoms in total. The van der Waals surface area contributed by atoms with Gasteiger partial charge in [0.2, 0.25) is 0 Å². The second-order valence-electron chi connectivity index (χ2n) is 7.44. The van der Waals surface area contributed by atoms with Gasteiger partial charge in [-0.3, -0.25) is 0 Å². The van der Waals surface area contributed by atoms with Crippen LogP contribution in [-0.4, -0.2) is 43.0 Å². The quantitative estimate of drug-likeness (QED) is 0.429. The number of anilines is 3. The van der Waals surface area contributed by atoms with Gasteiger partial charge in [0.25, 0.3) is 0 Å². The molecule has 152 valence electrons. The second kappa shape index (κ2) is 7.92. The minimum Gasteiger partial charge on any atom is -0.325 e. The number of hydrogen-bond donors (Lipinski definition) is 2. The summed E-state index contributed by atoms with van der Waals surface area (Å²) in [6.07, 6.45) is 9.78. The SMILES string of the molecule is CN(C)SNc1cc(-c2ccnc(Nc3ccnc(C4CC4)n3)c2)cn2nccc12. The highest BCUT2D eigenvalue weighted by Crippen LogP contribution is 2.38. The molecule has 4 heterocycles. The first-order valence-electron chi connectivity index (χ1n) is 9.80. The average molecular weight is 419 g/mol. The summed E-state index contributed by atoms with van der Waals surface area (Å²) in [7, 11) is 4.00. The summed E-state index contributed by atoms with van der Waals surface area (Å²) in [5.41, 5.74) is 4.10. The number of pyridine rings is 2. The molecule has 4 aromatic heterocycles. The van der Waals surface area contributed by atoms with Crippen LogP contribution in [0.1, 0.15) is 24.6 Å². The van der Waals surface area contributed by atoms with Crippen molar-refractivity contribution in [3.8, 4) is 11.1 Å². The van der Waals surface area contributed by atoms with Crippen molar-refractivity contribution in [3.63, 3.8) is 0 Å². The highest BCUT2D eigenvalue weighted by molar-refractivity contribution is 7.98. The van der Waals surface area contributed by atoms with Gasteiger partial charge >= 0.3 is 0 Å². The van der Waals surface area contributed by atoms with Crippen molar-refractivity contribution in [2.75, 3.05) is 24.1 Å². The molecule has 0 aromatic carbocycles. The van der Waals surface area contributed by atoms with Gasteiger partial charge in [0.15, 0.2) is 0 Å². The molecule has 5 rings (SSSR count). The summed E-state index contributed by atoms with van der Waals surface area (Å²) in [6.45, 7) is 0. The van der Waals surface area contributed by atoms with E-state index in [1.165, 1.54) is 25.0 Å². The Hall–Kier alpha value is -3.17. The van der Waals surface area contributed by atoms with E-state index in [1.54, 1.807) is 18.6 Å². The number of rotatable bonds is 7. The van der Waals surface area contributed by atoms with Gasteiger partial charge in [-0.1, -0.05) is 0 Å². The molecule has 0 spiro atoms. The maximum absolute atomic E-state index is 4.63. The lowest BCUT2D eigenvalue weighted by molar-refractivity contribution is 0.706. The molecule has 0 radical (unpaired) electrons. The Balaban J connectivity index is 1.44. The van der Waals surface area contributed by atoms with Crippen LogP contribution in [0.3, 0.4) is 0 Å². The molecule has 4 aromatic rings. The summed E-state index contributed by atoms with van der Waals surface area (Å²) in [6, 6.07) is 10.0. The van der Waals surface area contributed by atoms with Gasteiger partial charge in [-0.05, 0) is 62.8 Å². The molecule has 2 N–H and O–H groups in total. The first-order chi connectivity index (χ1) is 14.7. The Morgan fingerprint density at radius 3 is 2.70 bits per heavy atom. The van der Waals surface area contributed by atoms with Gasteiger partial charge in [0.1, 0.15) is 17.5 Å². The molecule has 0 amide bonds. The highest BCUT2D eigenvalue weighted by Gasteiger charge is 2.26. The van der Waals surface area contributed by atoms with Gasteiger partial charge in [0.05, 0.1) is 17.4 Å². The molecule has 9 heteroatoms. The normalized spacial score (nSPS) is 13.7. The van der Waals surface area contributed by atoms with E-state index in [1.807, 2.05) is 53.4 Å². The number of nitrogens with one attached hydrogen (secondary N) is 2. The Labute approximate surface area is 179 Å². The smallest absolute Gasteiger partial charge is 0.135 e. The van der Waals surface area contributed by atoms with E-state index in [0.717, 1.165) is 39.8 Å². The molecule has 0 saturated heterocycles. The van der Waals surface area contributed by atoms with Gasteiger partial charge < -0.3 is 10.0 Å². The van der Waals surface area contributed by atoms with Crippen LogP contribution in [0.2, 0.25) is 0 Å². The third kappa shape index (κ3) is 4.07. The molecule has 0 unspecified atom stereocenters. The Morgan fingerprint density at radius 2 is 1.87 bits per heavy atom. The minimum atomic E-state index is 0.512. The third-order valence-electron chi connectivity index (χ3n) is 4.81. The van der Waals surface area contributed by atoms with Crippen molar-refractivity contribution >= 4 is 35.0 Å². The van der Waals surface area contributed by atoms with Crippen molar-refractivity contribution < 1.29 is 0 Å². The molecule has 0 bridgehead atoms. The van der Waals surface area contributed by atoms with E-state index < -0.39 is 0 Å². The van der Waals surface area contributed by atoms with Crippen LogP contribution in [0.15, 0.2) is 55.1 Å². The highest BCUT2D eigenvalue weighted by atomic mass is 32.2. The van der Waals surface area contributed by atoms with Crippen LogP contribution < -0.4 is 10.0 Å². The van der Waals surface area contributed by atoms with Crippen LogP contribution in [0, 0.1) is 0 Å². The molecular formula is C21H22N8S. The van der Waals surface area contributed by atoms with Crippen LogP contribution in [0.25, 0.3) is 16.6 Å². The fraction of sp³-hybridized carbons (Fsp3) is 0.238. The monoisotopic (exact) mass is 418 g/mol. The zero-order valence-electron chi connectivity index (χ0n) is 16.8. The fourth-order valence-corrected chi connectivity index (χ4v) is 3.64. The predicted molar refractivity (Wildman–Crippen MR) is 121 cm³/mol. The molecule has 30 heavy (non-hydrogen) atoms. The summed E-state index contributed by atoms with van der Waals surface area (Å²) >= 11 is 1.52. The van der Waals surface area contributed by atoms with E-state index in [4.69, 9.17) is 0 Å². The average Bonchev–Trinajstić information content (AvgIpc) is 3.49. The maximum atomic E-state index is 4.63. The summed E-state index contributed by atoms with van der Waals surface area (Å²) < 4.78 is 7.28. The zero-order chi connectivity index (χ0) is 20.5. The van der Waals surface area contributed by atoms with Crippen molar-refractivity contribution in [3.05, 3.63) is 60.9 Å². The minimum absolute atomic E-state index is 0.512. The fourth-order valence-electron chi connectivity index (χ4n) is 3.20. The van der Waals surface area contributed by atoms with Gasteiger partial charge in [-0.25, -0.2) is 23.8 Å². The van der Waals surface area contributed by atoms with Gasteiger partial charge in [-0.2, -0.15) is 5.10 Å². The summed E-state index contributed by atoms with van der Waals surface area (Å²) in [4.78, 5) is 13.5. The molecule has 0 aliphatic heterocycles. The molecular weight excluding hydrogens is 396 g/mol. The zero-order valence-corrected chi connectivity index (χ0v) is 17.6. The topological polar surface area (TPSA) is 83.3 Å². The van der Waals surface area contributed by atoms with E-state index in [-0.39, 0.29) is 0 Å². The first-order valence-corrected chi connectivity index (χ1v) is 10.6. The Morgan fingerprint density at radius 1 is 1.00 bits per heavy atom. The standard InChI is InChI=1S/C21H22N8S/c1-28(2)30-27-17-11-16(13-29-18(17)6-10-24-29)15-5-8-22-20(12-15)25-19-7-9-23-21(26-19)14-3-4-14/h5-14,27H,3-4H2,1-2H3,(H,22,23,25,26). The van der Waals surface area contributed by atoms with Crippen molar-refractivity contribution in [1.29, 1.82) is 0 Å². The van der Waals surface area contributed by atoms with Crippen LogP contribution in [0.4, 0.5) is 17.3 Å². The van der Waals surface area contributed by atoms with E-state index in [0.29, 0.717) is 5.92 Å². The van der Waals surface area contributed by atoms with Crippen molar-refractivity contribution in [2.45, 2.75) is 18.8 Å². The third-order valence-corrected chi connectivity index (χ3v) is 5.49. The largest absolute Gasteiger partial charge is 0.325 e. The van der Waals surface area contributed by atoms with E-state index >= 15 is 0 Å². The summed E-state index contributed by atoms with van der Waals surface area (Å²) in [5, 5.41) is 7.73. The van der Waals surface area contributed by atoms with E-state index in [2.05, 4.69) is 36.2 Å². The lowest BCUT2D eigenvalue weighted by atomic mass is 10.1. The lowest BCUT2D eigenvalue weighted by Crippen LogP contribution is -2.05. The van der Waals surface area contributed by atoms with Gasteiger partial charge in [0, 0.05) is 42.2 Å². The van der Waals surface area contributed by atoms with Crippen LogP contribution in [0.5, 0.6) is 0 Å². The predicted octanol–water partition coefficient (Wildman–Crippen LogP) is 4.34. The molecule has 1 saturated carbocycles. The first kappa shape index (κ1) is 18.8. The molecule has 1 fully saturated rings. The molecule has 1 aliphatic rings. The Kier molecular flexibility index (Phi) is 4.97. The number of aromatic nitrogens is 5. The number of fused-ring (bicyclic) bond motifs is 1. The number of nitrogens with zero attached hydrogens (tertiary/aromatic N) is 6. The van der Waals surface area contributed by atoms with Crippen molar-refractivity contribution in [2.24, 2.45) is 0 Å². The van der Waals surface area contributed by atoms with Crippen LogP contribution >= 0.6 is 12.1 Å². The van der Waals surface area contributed by atoms with Crippen molar-refractivity contribution in [1.82, 2.24) is 28.9 Å². The number of hydrogen-bond acceptors (Lipinski definition) is 8. The second-order valence-corrected chi connectivity index (χ2v) is 8.56. The lowest BCUT2D eigenvalue weighted by Gasteiger charge is -2.13. The summed E-state index contributed by atoms with van der Waals surface area (Å²) in [5.74, 6) is 2.93. The molecule has 0 atom stereocenters. The van der Waals surface area contributed by atoms with Crippen LogP contribution in [-0.2, 0) is 0 Å². The molecule has 1 aliphatic carbocycles. The maximum Gasteiger partial charge on any atom is 0.135 e. The van der Waals surface area contributed by atoms with E-state index in [9.17, 15) is 0 Å². The Bertz CT molecular complexity index is 1180. The van der Waals surface area contributed by atoms with Gasteiger partial charge in [-0.15, -0.1) is 0 Å².